The number of phenols is 1. The van der Waals surface area contributed by atoms with Gasteiger partial charge in [0, 0.05) is 24.6 Å². The van der Waals surface area contributed by atoms with Crippen molar-refractivity contribution < 1.29 is 14.3 Å². The first-order chi connectivity index (χ1) is 10.5. The second kappa shape index (κ2) is 5.37. The highest BCUT2D eigenvalue weighted by atomic mass is 16.3. The molecule has 0 radical (unpaired) electrons. The maximum absolute atomic E-state index is 12.2. The Morgan fingerprint density at radius 3 is 2.68 bits per heavy atom. The molecule has 0 bridgehead atoms. The van der Waals surface area contributed by atoms with Gasteiger partial charge < -0.3 is 14.8 Å². The molecule has 1 aromatic heterocycles. The van der Waals surface area contributed by atoms with Gasteiger partial charge in [0.25, 0.3) is 0 Å². The standard InChI is InChI=1S/C17H13NO4/c1-10(19)18-14-8-11(20)6-7-12(14)17-9-15(21)13-4-2-3-5-16(13)22-17/h2-9,20H,1H3,(H,18,19). The molecule has 5 nitrogen and oxygen atoms in total. The van der Waals surface area contributed by atoms with Gasteiger partial charge in [0.15, 0.2) is 5.43 Å². The number of phenolic OH excluding ortho intramolecular Hbond substituents is 1. The molecule has 0 aliphatic rings. The Balaban J connectivity index is 2.23. The van der Waals surface area contributed by atoms with Gasteiger partial charge in [-0.3, -0.25) is 9.59 Å². The molecule has 110 valence electrons. The van der Waals surface area contributed by atoms with Gasteiger partial charge in [-0.1, -0.05) is 12.1 Å². The zero-order valence-corrected chi connectivity index (χ0v) is 11.8. The van der Waals surface area contributed by atoms with Crippen LogP contribution in [-0.4, -0.2) is 11.0 Å². The van der Waals surface area contributed by atoms with Crippen molar-refractivity contribution in [2.45, 2.75) is 6.92 Å². The SMILES string of the molecule is CC(=O)Nc1cc(O)ccc1-c1cc(=O)c2ccccc2o1. The van der Waals surface area contributed by atoms with Gasteiger partial charge in [0.1, 0.15) is 17.1 Å². The second-order valence-corrected chi connectivity index (χ2v) is 4.88. The number of amides is 1. The zero-order chi connectivity index (χ0) is 15.7. The molecular weight excluding hydrogens is 282 g/mol. The summed E-state index contributed by atoms with van der Waals surface area (Å²) in [5.41, 5.74) is 1.20. The first-order valence-corrected chi connectivity index (χ1v) is 6.68. The van der Waals surface area contributed by atoms with Gasteiger partial charge >= 0.3 is 0 Å². The summed E-state index contributed by atoms with van der Waals surface area (Å²) < 4.78 is 5.76. The number of nitrogens with one attached hydrogen (secondary N) is 1. The molecule has 5 heteroatoms. The number of carbonyl (C=O) groups excluding carboxylic acids is 1. The lowest BCUT2D eigenvalue weighted by molar-refractivity contribution is -0.114. The van der Waals surface area contributed by atoms with Crippen LogP contribution in [0.15, 0.2) is 57.7 Å². The van der Waals surface area contributed by atoms with Crippen molar-refractivity contribution in [1.29, 1.82) is 0 Å². The molecule has 1 amide bonds. The van der Waals surface area contributed by atoms with E-state index < -0.39 is 0 Å². The zero-order valence-electron chi connectivity index (χ0n) is 11.8. The van der Waals surface area contributed by atoms with E-state index in [1.54, 1.807) is 30.3 Å². The molecule has 0 spiro atoms. The Morgan fingerprint density at radius 1 is 1.14 bits per heavy atom. The molecule has 2 aromatic carbocycles. The summed E-state index contributed by atoms with van der Waals surface area (Å²) in [6.07, 6.45) is 0. The van der Waals surface area contributed by atoms with Crippen molar-refractivity contribution in [3.8, 4) is 17.1 Å². The first-order valence-electron chi connectivity index (χ1n) is 6.68. The van der Waals surface area contributed by atoms with Crippen molar-refractivity contribution in [2.24, 2.45) is 0 Å². The highest BCUT2D eigenvalue weighted by Gasteiger charge is 2.12. The average molecular weight is 295 g/mol. The van der Waals surface area contributed by atoms with Gasteiger partial charge in [-0.05, 0) is 24.3 Å². The van der Waals surface area contributed by atoms with Crippen LogP contribution in [0.4, 0.5) is 5.69 Å². The summed E-state index contributed by atoms with van der Waals surface area (Å²) in [6.45, 7) is 1.37. The molecule has 0 saturated heterocycles. The van der Waals surface area contributed by atoms with Gasteiger partial charge in [0.2, 0.25) is 5.91 Å². The van der Waals surface area contributed by atoms with E-state index in [0.717, 1.165) is 0 Å². The van der Waals surface area contributed by atoms with Crippen molar-refractivity contribution in [3.63, 3.8) is 0 Å². The number of anilines is 1. The number of hydrogen-bond donors (Lipinski definition) is 2. The number of hydrogen-bond acceptors (Lipinski definition) is 4. The van der Waals surface area contributed by atoms with E-state index >= 15 is 0 Å². The maximum atomic E-state index is 12.2. The minimum atomic E-state index is -0.282. The highest BCUT2D eigenvalue weighted by Crippen LogP contribution is 2.31. The molecule has 2 N–H and O–H groups in total. The van der Waals surface area contributed by atoms with E-state index in [0.29, 0.717) is 28.0 Å². The smallest absolute Gasteiger partial charge is 0.221 e. The fourth-order valence-electron chi connectivity index (χ4n) is 2.28. The minimum absolute atomic E-state index is 0.00985. The van der Waals surface area contributed by atoms with Crippen LogP contribution < -0.4 is 10.7 Å². The number of aromatic hydroxyl groups is 1. The summed E-state index contributed by atoms with van der Waals surface area (Å²) >= 11 is 0. The number of para-hydroxylation sites is 1. The fourth-order valence-corrected chi connectivity index (χ4v) is 2.28. The lowest BCUT2D eigenvalue weighted by Crippen LogP contribution is -2.07. The lowest BCUT2D eigenvalue weighted by Gasteiger charge is -2.10. The fraction of sp³-hybridized carbons (Fsp3) is 0.0588. The first kappa shape index (κ1) is 13.9. The van der Waals surface area contributed by atoms with E-state index in [2.05, 4.69) is 5.32 Å². The number of benzene rings is 2. The van der Waals surface area contributed by atoms with Crippen LogP contribution in [0.3, 0.4) is 0 Å². The molecule has 0 fully saturated rings. The van der Waals surface area contributed by atoms with Crippen LogP contribution in [0, 0.1) is 0 Å². The van der Waals surface area contributed by atoms with Crippen LogP contribution in [-0.2, 0) is 4.79 Å². The Labute approximate surface area is 125 Å². The molecule has 0 atom stereocenters. The molecule has 3 aromatic rings. The van der Waals surface area contributed by atoms with Gasteiger partial charge in [0.05, 0.1) is 11.1 Å². The Morgan fingerprint density at radius 2 is 1.91 bits per heavy atom. The van der Waals surface area contributed by atoms with E-state index in [1.807, 2.05) is 0 Å². The molecule has 0 saturated carbocycles. The molecule has 0 aliphatic heterocycles. The summed E-state index contributed by atoms with van der Waals surface area (Å²) in [4.78, 5) is 23.5. The number of rotatable bonds is 2. The van der Waals surface area contributed by atoms with Crippen LogP contribution in [0.25, 0.3) is 22.3 Å². The lowest BCUT2D eigenvalue weighted by atomic mass is 10.1. The van der Waals surface area contributed by atoms with E-state index in [4.69, 9.17) is 4.42 Å². The largest absolute Gasteiger partial charge is 0.508 e. The Bertz CT molecular complexity index is 927. The van der Waals surface area contributed by atoms with Crippen LogP contribution in [0.2, 0.25) is 0 Å². The van der Waals surface area contributed by atoms with Crippen molar-refractivity contribution in [1.82, 2.24) is 0 Å². The van der Waals surface area contributed by atoms with Gasteiger partial charge in [-0.15, -0.1) is 0 Å². The third-order valence-corrected chi connectivity index (χ3v) is 3.21. The quantitative estimate of drug-likeness (QED) is 0.761. The molecular formula is C17H13NO4. The predicted molar refractivity (Wildman–Crippen MR) is 83.9 cm³/mol. The van der Waals surface area contributed by atoms with E-state index in [1.165, 1.54) is 25.1 Å². The minimum Gasteiger partial charge on any atom is -0.508 e. The van der Waals surface area contributed by atoms with Gasteiger partial charge in [-0.2, -0.15) is 0 Å². The van der Waals surface area contributed by atoms with Crippen molar-refractivity contribution in [3.05, 3.63) is 58.8 Å². The Hall–Kier alpha value is -3.08. The van der Waals surface area contributed by atoms with Crippen molar-refractivity contribution in [2.75, 3.05) is 5.32 Å². The van der Waals surface area contributed by atoms with E-state index in [-0.39, 0.29) is 17.1 Å². The van der Waals surface area contributed by atoms with Crippen molar-refractivity contribution >= 4 is 22.6 Å². The maximum Gasteiger partial charge on any atom is 0.221 e. The summed E-state index contributed by atoms with van der Waals surface area (Å²) in [7, 11) is 0. The molecule has 1 heterocycles. The van der Waals surface area contributed by atoms with E-state index in [9.17, 15) is 14.7 Å². The summed E-state index contributed by atoms with van der Waals surface area (Å²) in [5, 5.41) is 12.7. The average Bonchev–Trinajstić information content (AvgIpc) is 2.46. The molecule has 3 rings (SSSR count). The number of carbonyl (C=O) groups is 1. The van der Waals surface area contributed by atoms with Crippen LogP contribution >= 0.6 is 0 Å². The third kappa shape index (κ3) is 2.56. The highest BCUT2D eigenvalue weighted by molar-refractivity contribution is 5.94. The monoisotopic (exact) mass is 295 g/mol. The molecule has 0 unspecified atom stereocenters. The predicted octanol–water partition coefficient (Wildman–Crippen LogP) is 3.12. The third-order valence-electron chi connectivity index (χ3n) is 3.21. The van der Waals surface area contributed by atoms with Gasteiger partial charge in [-0.25, -0.2) is 0 Å². The van der Waals surface area contributed by atoms with Crippen LogP contribution in [0.1, 0.15) is 6.92 Å². The second-order valence-electron chi connectivity index (χ2n) is 4.88. The molecule has 22 heavy (non-hydrogen) atoms. The number of fused-ring (bicyclic) bond motifs is 1. The summed E-state index contributed by atoms with van der Waals surface area (Å²) in [6, 6.07) is 12.8. The van der Waals surface area contributed by atoms with Crippen LogP contribution in [0.5, 0.6) is 5.75 Å². The molecule has 0 aliphatic carbocycles. The Kier molecular flexibility index (Phi) is 3.39. The normalized spacial score (nSPS) is 10.6. The topological polar surface area (TPSA) is 79.5 Å². The summed E-state index contributed by atoms with van der Waals surface area (Å²) in [5.74, 6) is 0.0538.